The van der Waals surface area contributed by atoms with Crippen molar-refractivity contribution in [2.75, 3.05) is 33.0 Å². The van der Waals surface area contributed by atoms with Gasteiger partial charge in [-0.05, 0) is 32.3 Å². The summed E-state index contributed by atoms with van der Waals surface area (Å²) in [6.07, 6.45) is -0.648. The summed E-state index contributed by atoms with van der Waals surface area (Å²) in [7, 11) is 0. The van der Waals surface area contributed by atoms with Gasteiger partial charge >= 0.3 is 6.18 Å². The fourth-order valence-electron chi connectivity index (χ4n) is 2.08. The molecule has 0 aliphatic rings. The van der Waals surface area contributed by atoms with Crippen molar-refractivity contribution in [3.63, 3.8) is 0 Å². The van der Waals surface area contributed by atoms with Crippen molar-refractivity contribution in [2.45, 2.75) is 32.4 Å². The van der Waals surface area contributed by atoms with E-state index in [2.05, 4.69) is 9.99 Å². The first-order chi connectivity index (χ1) is 14.6. The molecule has 0 aliphatic carbocycles. The van der Waals surface area contributed by atoms with E-state index >= 15 is 0 Å². The SMILES string of the molecule is CC(COCCCCCOc1c(Cl)cc(OCC=C(Cl)Cl)cc1Cl)=NOCC(F)(F)F. The van der Waals surface area contributed by atoms with Crippen molar-refractivity contribution in [3.8, 4) is 11.5 Å². The second-order valence-electron chi connectivity index (χ2n) is 6.20. The van der Waals surface area contributed by atoms with Crippen molar-refractivity contribution in [1.82, 2.24) is 0 Å². The predicted octanol–water partition coefficient (Wildman–Crippen LogP) is 7.21. The van der Waals surface area contributed by atoms with Crippen LogP contribution in [0, 0.1) is 0 Å². The summed E-state index contributed by atoms with van der Waals surface area (Å²) in [5.74, 6) is 0.816. The average molecular weight is 527 g/mol. The summed E-state index contributed by atoms with van der Waals surface area (Å²) in [4.78, 5) is 4.19. The van der Waals surface area contributed by atoms with E-state index in [9.17, 15) is 13.2 Å². The monoisotopic (exact) mass is 525 g/mol. The van der Waals surface area contributed by atoms with Gasteiger partial charge in [0.15, 0.2) is 5.75 Å². The van der Waals surface area contributed by atoms with Crippen molar-refractivity contribution in [1.29, 1.82) is 0 Å². The lowest BCUT2D eigenvalue weighted by Gasteiger charge is -2.12. The van der Waals surface area contributed by atoms with Gasteiger partial charge in [-0.2, -0.15) is 13.2 Å². The maximum atomic E-state index is 11.9. The van der Waals surface area contributed by atoms with Crippen LogP contribution in [0.3, 0.4) is 0 Å². The van der Waals surface area contributed by atoms with Crippen molar-refractivity contribution >= 4 is 52.1 Å². The Labute approximate surface area is 198 Å². The Bertz CT molecular complexity index is 718. The molecule has 0 N–H and O–H groups in total. The van der Waals surface area contributed by atoms with Crippen molar-refractivity contribution < 1.29 is 32.2 Å². The van der Waals surface area contributed by atoms with Gasteiger partial charge in [0.25, 0.3) is 0 Å². The summed E-state index contributed by atoms with van der Waals surface area (Å²) in [5, 5.41) is 3.97. The van der Waals surface area contributed by atoms with Gasteiger partial charge in [-0.3, -0.25) is 0 Å². The first-order valence-corrected chi connectivity index (χ1v) is 10.7. The van der Waals surface area contributed by atoms with Crippen LogP contribution in [0.5, 0.6) is 11.5 Å². The topological polar surface area (TPSA) is 49.3 Å². The molecule has 0 aliphatic heterocycles. The lowest BCUT2D eigenvalue weighted by Crippen LogP contribution is -2.16. The van der Waals surface area contributed by atoms with Gasteiger partial charge in [-0.15, -0.1) is 0 Å². The minimum atomic E-state index is -4.41. The number of oxime groups is 1. The van der Waals surface area contributed by atoms with E-state index in [-0.39, 0.29) is 17.7 Å². The third-order valence-corrected chi connectivity index (χ3v) is 4.27. The second-order valence-corrected chi connectivity index (χ2v) is 8.02. The number of nitrogens with zero attached hydrogens (tertiary/aromatic N) is 1. The van der Waals surface area contributed by atoms with Crippen LogP contribution in [0.2, 0.25) is 10.0 Å². The number of ether oxygens (including phenoxy) is 3. The molecule has 31 heavy (non-hydrogen) atoms. The molecule has 0 saturated heterocycles. The van der Waals surface area contributed by atoms with Gasteiger partial charge in [-0.1, -0.05) is 51.6 Å². The van der Waals surface area contributed by atoms with E-state index in [1.54, 1.807) is 12.1 Å². The number of halogens is 7. The molecule has 0 heterocycles. The number of benzene rings is 1. The largest absolute Gasteiger partial charge is 0.490 e. The maximum Gasteiger partial charge on any atom is 0.425 e. The third kappa shape index (κ3) is 13.9. The number of unbranched alkanes of at least 4 members (excludes halogenated alkanes) is 2. The fraction of sp³-hybridized carbons (Fsp3) is 0.526. The zero-order valence-corrected chi connectivity index (χ0v) is 19.6. The number of rotatable bonds is 14. The standard InChI is InChI=1S/C19H22Cl4F3NO4/c1-13(27-31-12-19(24,25)26)11-28-6-3-2-4-7-30-18-15(20)9-14(10-16(18)21)29-8-5-17(22)23/h5,9-10H,2-4,6-8,11-12H2,1H3. The lowest BCUT2D eigenvalue weighted by atomic mass is 10.2. The molecule has 0 fully saturated rings. The molecule has 0 unspecified atom stereocenters. The van der Waals surface area contributed by atoms with Crippen molar-refractivity contribution in [3.05, 3.63) is 32.7 Å². The summed E-state index contributed by atoms with van der Waals surface area (Å²) in [5.41, 5.74) is 0.325. The molecule has 0 radical (unpaired) electrons. The number of hydrogen-bond acceptors (Lipinski definition) is 5. The van der Waals surface area contributed by atoms with Gasteiger partial charge in [0, 0.05) is 18.7 Å². The Balaban J connectivity index is 2.21. The minimum absolute atomic E-state index is 0.0979. The summed E-state index contributed by atoms with van der Waals surface area (Å²) < 4.78 is 52.3. The van der Waals surface area contributed by atoms with Crippen LogP contribution in [-0.2, 0) is 9.57 Å². The van der Waals surface area contributed by atoms with E-state index < -0.39 is 12.8 Å². The van der Waals surface area contributed by atoms with Crippen LogP contribution >= 0.6 is 46.4 Å². The molecule has 0 bridgehead atoms. The fourth-order valence-corrected chi connectivity index (χ4v) is 2.78. The number of alkyl halides is 3. The highest BCUT2D eigenvalue weighted by atomic mass is 35.5. The third-order valence-electron chi connectivity index (χ3n) is 3.40. The molecule has 0 aromatic heterocycles. The molecule has 0 spiro atoms. The Hall–Kier alpha value is -1.06. The minimum Gasteiger partial charge on any atom is -0.490 e. The Morgan fingerprint density at radius 3 is 2.29 bits per heavy atom. The molecule has 5 nitrogen and oxygen atoms in total. The first kappa shape index (κ1) is 28.0. The summed E-state index contributed by atoms with van der Waals surface area (Å²) in [6.45, 7) is 1.20. The van der Waals surface area contributed by atoms with Gasteiger partial charge in [0.1, 0.15) is 16.8 Å². The first-order valence-electron chi connectivity index (χ1n) is 9.14. The molecule has 1 aromatic carbocycles. The normalized spacial score (nSPS) is 11.9. The van der Waals surface area contributed by atoms with E-state index in [1.807, 2.05) is 0 Å². The van der Waals surface area contributed by atoms with Gasteiger partial charge < -0.3 is 19.0 Å². The Morgan fingerprint density at radius 2 is 1.68 bits per heavy atom. The van der Waals surface area contributed by atoms with Crippen LogP contribution in [0.25, 0.3) is 0 Å². The van der Waals surface area contributed by atoms with Crippen LogP contribution in [0.4, 0.5) is 13.2 Å². The van der Waals surface area contributed by atoms with Crippen LogP contribution in [0.15, 0.2) is 27.9 Å². The van der Waals surface area contributed by atoms with Crippen LogP contribution in [0.1, 0.15) is 26.2 Å². The average Bonchev–Trinajstić information content (AvgIpc) is 2.64. The number of hydrogen-bond donors (Lipinski definition) is 0. The highest BCUT2D eigenvalue weighted by Crippen LogP contribution is 2.37. The highest BCUT2D eigenvalue weighted by molar-refractivity contribution is 6.55. The molecule has 1 aromatic rings. The summed E-state index contributed by atoms with van der Waals surface area (Å²) >= 11 is 23.4. The quantitative estimate of drug-likeness (QED) is 0.146. The van der Waals surface area contributed by atoms with E-state index in [0.29, 0.717) is 40.5 Å². The van der Waals surface area contributed by atoms with Gasteiger partial charge in [0.2, 0.25) is 6.61 Å². The lowest BCUT2D eigenvalue weighted by molar-refractivity contribution is -0.173. The molecular formula is C19H22Cl4F3NO4. The zero-order chi connectivity index (χ0) is 23.3. The van der Waals surface area contributed by atoms with E-state index in [0.717, 1.165) is 19.3 Å². The Kier molecular flexibility index (Phi) is 13.4. The van der Waals surface area contributed by atoms with Crippen LogP contribution < -0.4 is 9.47 Å². The molecule has 176 valence electrons. The zero-order valence-electron chi connectivity index (χ0n) is 16.6. The molecular weight excluding hydrogens is 505 g/mol. The molecule has 1 rings (SSSR count). The second kappa shape index (κ2) is 14.9. The maximum absolute atomic E-state index is 11.9. The summed E-state index contributed by atoms with van der Waals surface area (Å²) in [6, 6.07) is 3.16. The smallest absolute Gasteiger partial charge is 0.425 e. The highest BCUT2D eigenvalue weighted by Gasteiger charge is 2.28. The van der Waals surface area contributed by atoms with E-state index in [4.69, 9.17) is 60.6 Å². The molecule has 0 saturated carbocycles. The van der Waals surface area contributed by atoms with Gasteiger partial charge in [0.05, 0.1) is 29.0 Å². The Morgan fingerprint density at radius 1 is 1.03 bits per heavy atom. The van der Waals surface area contributed by atoms with Gasteiger partial charge in [-0.25, -0.2) is 0 Å². The van der Waals surface area contributed by atoms with Crippen LogP contribution in [-0.4, -0.2) is 44.9 Å². The molecule has 0 amide bonds. The van der Waals surface area contributed by atoms with E-state index in [1.165, 1.54) is 13.0 Å². The van der Waals surface area contributed by atoms with Crippen molar-refractivity contribution in [2.24, 2.45) is 5.16 Å². The predicted molar refractivity (Wildman–Crippen MR) is 117 cm³/mol. The molecule has 12 heteroatoms. The molecule has 0 atom stereocenters.